The highest BCUT2D eigenvalue weighted by molar-refractivity contribution is 6.16. The van der Waals surface area contributed by atoms with Crippen molar-refractivity contribution in [2.24, 2.45) is 0 Å². The lowest BCUT2D eigenvalue weighted by Gasteiger charge is -2.08. The molecule has 0 aliphatic heterocycles. The van der Waals surface area contributed by atoms with E-state index in [0.29, 0.717) is 27.9 Å². The van der Waals surface area contributed by atoms with Crippen LogP contribution in [0.15, 0.2) is 77.2 Å². The van der Waals surface area contributed by atoms with Gasteiger partial charge in [-0.1, -0.05) is 47.5 Å². The van der Waals surface area contributed by atoms with Crippen LogP contribution in [0.25, 0.3) is 11.0 Å². The van der Waals surface area contributed by atoms with E-state index in [1.807, 2.05) is 68.4 Å². The smallest absolute Gasteiger partial charge is 0.293 e. The van der Waals surface area contributed by atoms with E-state index in [-0.39, 0.29) is 11.7 Å². The molecule has 4 aromatic rings. The highest BCUT2D eigenvalue weighted by Gasteiger charge is 2.22. The molecular formula is C24H20N2O3. The Bertz CT molecular complexity index is 1190. The van der Waals surface area contributed by atoms with Crippen molar-refractivity contribution in [1.29, 1.82) is 0 Å². The first-order valence-electron chi connectivity index (χ1n) is 9.29. The number of carbonyl (C=O) groups excluding carboxylic acids is 2. The summed E-state index contributed by atoms with van der Waals surface area (Å²) in [7, 11) is 0. The van der Waals surface area contributed by atoms with E-state index in [0.717, 1.165) is 11.1 Å². The minimum absolute atomic E-state index is 0.0623. The van der Waals surface area contributed by atoms with Gasteiger partial charge in [-0.25, -0.2) is 0 Å². The molecule has 3 aromatic carbocycles. The normalized spacial score (nSPS) is 10.7. The number of hydrogen-bond acceptors (Lipinski definition) is 3. The first-order valence-corrected chi connectivity index (χ1v) is 9.29. The summed E-state index contributed by atoms with van der Waals surface area (Å²) in [5.74, 6) is -0.669. The van der Waals surface area contributed by atoms with Crippen molar-refractivity contribution in [3.63, 3.8) is 0 Å². The summed E-state index contributed by atoms with van der Waals surface area (Å²) in [6.45, 7) is 3.93. The second-order valence-electron chi connectivity index (χ2n) is 6.94. The predicted octanol–water partition coefficient (Wildman–Crippen LogP) is 5.55. The van der Waals surface area contributed by atoms with Crippen molar-refractivity contribution >= 4 is 34.2 Å². The van der Waals surface area contributed by atoms with Gasteiger partial charge in [0.25, 0.3) is 11.8 Å². The van der Waals surface area contributed by atoms with Crippen LogP contribution in [0.1, 0.15) is 32.0 Å². The largest absolute Gasteiger partial charge is 0.449 e. The van der Waals surface area contributed by atoms with Crippen LogP contribution in [-0.2, 0) is 0 Å². The van der Waals surface area contributed by atoms with Gasteiger partial charge in [-0.05, 0) is 50.2 Å². The quantitative estimate of drug-likeness (QED) is 0.484. The van der Waals surface area contributed by atoms with E-state index in [1.54, 1.807) is 18.2 Å². The van der Waals surface area contributed by atoms with Gasteiger partial charge in [0, 0.05) is 16.6 Å². The van der Waals surface area contributed by atoms with Crippen LogP contribution in [0.4, 0.5) is 11.4 Å². The van der Waals surface area contributed by atoms with Crippen LogP contribution < -0.4 is 10.6 Å². The van der Waals surface area contributed by atoms with E-state index in [1.165, 1.54) is 0 Å². The van der Waals surface area contributed by atoms with E-state index in [4.69, 9.17) is 4.42 Å². The molecule has 5 heteroatoms. The van der Waals surface area contributed by atoms with E-state index < -0.39 is 5.91 Å². The maximum Gasteiger partial charge on any atom is 0.293 e. The summed E-state index contributed by atoms with van der Waals surface area (Å²) in [6.07, 6.45) is 0. The molecule has 0 spiro atoms. The number of benzene rings is 3. The summed E-state index contributed by atoms with van der Waals surface area (Å²) in [5, 5.41) is 6.34. The lowest BCUT2D eigenvalue weighted by Crippen LogP contribution is -2.17. The van der Waals surface area contributed by atoms with Crippen LogP contribution >= 0.6 is 0 Å². The van der Waals surface area contributed by atoms with Crippen LogP contribution in [0, 0.1) is 13.8 Å². The lowest BCUT2D eigenvalue weighted by atomic mass is 10.1. The van der Waals surface area contributed by atoms with Crippen LogP contribution in [0.2, 0.25) is 0 Å². The van der Waals surface area contributed by atoms with Crippen molar-refractivity contribution < 1.29 is 14.0 Å². The topological polar surface area (TPSA) is 71.3 Å². The monoisotopic (exact) mass is 384 g/mol. The number of amides is 2. The Kier molecular flexibility index (Phi) is 4.87. The number of aryl methyl sites for hydroxylation is 2. The molecule has 0 saturated carbocycles. The summed E-state index contributed by atoms with van der Waals surface area (Å²) < 4.78 is 5.79. The van der Waals surface area contributed by atoms with Gasteiger partial charge in [-0.3, -0.25) is 9.59 Å². The van der Waals surface area contributed by atoms with Crippen molar-refractivity contribution in [3.8, 4) is 0 Å². The zero-order chi connectivity index (χ0) is 20.4. The Balaban J connectivity index is 1.68. The molecule has 5 nitrogen and oxygen atoms in total. The number of hydrogen-bond donors (Lipinski definition) is 2. The van der Waals surface area contributed by atoms with Gasteiger partial charge in [0.1, 0.15) is 11.3 Å². The Morgan fingerprint density at radius 1 is 0.724 bits per heavy atom. The third-order valence-corrected chi connectivity index (χ3v) is 4.66. The zero-order valence-electron chi connectivity index (χ0n) is 16.2. The molecule has 29 heavy (non-hydrogen) atoms. The summed E-state index contributed by atoms with van der Waals surface area (Å²) >= 11 is 0. The van der Waals surface area contributed by atoms with Crippen LogP contribution in [-0.4, -0.2) is 11.8 Å². The lowest BCUT2D eigenvalue weighted by molar-refractivity contribution is 0.0999. The molecular weight excluding hydrogens is 364 g/mol. The molecule has 2 N–H and O–H groups in total. The second-order valence-corrected chi connectivity index (χ2v) is 6.94. The number of fused-ring (bicyclic) bond motifs is 1. The third kappa shape index (κ3) is 3.89. The third-order valence-electron chi connectivity index (χ3n) is 4.66. The Morgan fingerprint density at radius 3 is 2.03 bits per heavy atom. The molecule has 0 radical (unpaired) electrons. The predicted molar refractivity (Wildman–Crippen MR) is 114 cm³/mol. The van der Waals surface area contributed by atoms with E-state index >= 15 is 0 Å². The van der Waals surface area contributed by atoms with Gasteiger partial charge in [0.05, 0.1) is 0 Å². The standard InChI is InChI=1S/C24H20N2O3/c1-15-7-11-17(12-8-15)23(27)26-21-19-5-3-4-6-20(19)29-22(21)24(28)25-18-13-9-16(2)10-14-18/h3-14H,1-2H3,(H,25,28)(H,26,27). The molecule has 0 unspecified atom stereocenters. The first-order chi connectivity index (χ1) is 14.0. The number of rotatable bonds is 4. The number of anilines is 2. The minimum atomic E-state index is -0.427. The van der Waals surface area contributed by atoms with Gasteiger partial charge in [0.2, 0.25) is 5.76 Å². The molecule has 2 amide bonds. The zero-order valence-corrected chi connectivity index (χ0v) is 16.2. The SMILES string of the molecule is Cc1ccc(NC(=O)c2oc3ccccc3c2NC(=O)c2ccc(C)cc2)cc1. The Morgan fingerprint density at radius 2 is 1.34 bits per heavy atom. The molecule has 0 aliphatic rings. The molecule has 0 bridgehead atoms. The van der Waals surface area contributed by atoms with Gasteiger partial charge in [0.15, 0.2) is 0 Å². The average molecular weight is 384 g/mol. The van der Waals surface area contributed by atoms with Crippen molar-refractivity contribution in [2.45, 2.75) is 13.8 Å². The fourth-order valence-corrected chi connectivity index (χ4v) is 3.04. The summed E-state index contributed by atoms with van der Waals surface area (Å²) in [4.78, 5) is 25.6. The minimum Gasteiger partial charge on any atom is -0.449 e. The first kappa shape index (κ1) is 18.5. The molecule has 4 rings (SSSR count). The van der Waals surface area contributed by atoms with Gasteiger partial charge >= 0.3 is 0 Å². The van der Waals surface area contributed by atoms with E-state index in [9.17, 15) is 9.59 Å². The maximum absolute atomic E-state index is 12.9. The summed E-state index contributed by atoms with van der Waals surface area (Å²) in [5.41, 5.74) is 4.20. The second kappa shape index (κ2) is 7.64. The van der Waals surface area contributed by atoms with Crippen molar-refractivity contribution in [2.75, 3.05) is 10.6 Å². The molecule has 1 aromatic heterocycles. The highest BCUT2D eigenvalue weighted by atomic mass is 16.3. The van der Waals surface area contributed by atoms with Crippen molar-refractivity contribution in [3.05, 3.63) is 95.2 Å². The molecule has 0 fully saturated rings. The van der Waals surface area contributed by atoms with Gasteiger partial charge in [-0.2, -0.15) is 0 Å². The average Bonchev–Trinajstić information content (AvgIpc) is 3.09. The Labute approximate surface area is 168 Å². The summed E-state index contributed by atoms with van der Waals surface area (Å²) in [6, 6.07) is 21.9. The molecule has 0 saturated heterocycles. The van der Waals surface area contributed by atoms with Gasteiger partial charge < -0.3 is 15.1 Å². The van der Waals surface area contributed by atoms with E-state index in [2.05, 4.69) is 10.6 Å². The molecule has 0 aliphatic carbocycles. The highest BCUT2D eigenvalue weighted by Crippen LogP contribution is 2.32. The fourth-order valence-electron chi connectivity index (χ4n) is 3.04. The number of para-hydroxylation sites is 1. The van der Waals surface area contributed by atoms with Crippen LogP contribution in [0.5, 0.6) is 0 Å². The molecule has 144 valence electrons. The molecule has 0 atom stereocenters. The Hall–Kier alpha value is -3.86. The molecule has 1 heterocycles. The van der Waals surface area contributed by atoms with Crippen molar-refractivity contribution in [1.82, 2.24) is 0 Å². The number of furan rings is 1. The number of nitrogens with one attached hydrogen (secondary N) is 2. The maximum atomic E-state index is 12.9. The number of carbonyl (C=O) groups is 2. The fraction of sp³-hybridized carbons (Fsp3) is 0.0833. The van der Waals surface area contributed by atoms with Gasteiger partial charge in [-0.15, -0.1) is 0 Å². The van der Waals surface area contributed by atoms with Crippen LogP contribution in [0.3, 0.4) is 0 Å².